The van der Waals surface area contributed by atoms with Crippen LogP contribution in [0.5, 0.6) is 5.75 Å². The minimum absolute atomic E-state index is 0.145. The van der Waals surface area contributed by atoms with Gasteiger partial charge in [-0.25, -0.2) is 0 Å². The summed E-state index contributed by atoms with van der Waals surface area (Å²) in [5.41, 5.74) is 0.963. The van der Waals surface area contributed by atoms with Crippen LogP contribution in [0, 0.1) is 0 Å². The van der Waals surface area contributed by atoms with E-state index in [0.717, 1.165) is 43.8 Å². The van der Waals surface area contributed by atoms with E-state index in [1.54, 1.807) is 19.2 Å². The Labute approximate surface area is 159 Å². The lowest BCUT2D eigenvalue weighted by atomic mass is 10.1. The molecule has 8 heteroatoms. The number of halogens is 2. The summed E-state index contributed by atoms with van der Waals surface area (Å²) in [6.07, 6.45) is 4.30. The number of unbranched alkanes of at least 4 members (excludes halogenated alkanes) is 3. The second-order valence-electron chi connectivity index (χ2n) is 6.09. The van der Waals surface area contributed by atoms with E-state index in [1.807, 2.05) is 11.9 Å². The van der Waals surface area contributed by atoms with Gasteiger partial charge in [-0.1, -0.05) is 25.0 Å². The number of esters is 1. The number of rotatable bonds is 11. The lowest BCUT2D eigenvalue weighted by Gasteiger charge is -2.22. The van der Waals surface area contributed by atoms with Crippen LogP contribution in [0.4, 0.5) is 8.78 Å². The first-order chi connectivity index (χ1) is 13.0. The van der Waals surface area contributed by atoms with E-state index in [4.69, 9.17) is 0 Å². The van der Waals surface area contributed by atoms with Gasteiger partial charge in [-0.2, -0.15) is 8.78 Å². The topological polar surface area (TPSA) is 63.2 Å². The van der Waals surface area contributed by atoms with Crippen LogP contribution >= 0.6 is 0 Å². The van der Waals surface area contributed by atoms with Crippen LogP contribution in [0.15, 0.2) is 29.3 Å². The van der Waals surface area contributed by atoms with Crippen molar-refractivity contribution in [1.82, 2.24) is 10.2 Å². The third-order valence-electron chi connectivity index (χ3n) is 3.96. The Hall–Kier alpha value is -2.38. The van der Waals surface area contributed by atoms with Gasteiger partial charge in [0.25, 0.3) is 0 Å². The standard InChI is InChI=1S/C19H29F2N3O3/c1-22-19(23-13-7-5-4-6-8-17(25)26-3)24(2)14-15-9-11-16(12-10-15)27-18(20)21/h9-12,18H,4-8,13-14H2,1-3H3,(H,22,23). The maximum Gasteiger partial charge on any atom is 0.387 e. The maximum atomic E-state index is 12.2. The van der Waals surface area contributed by atoms with Crippen molar-refractivity contribution in [3.63, 3.8) is 0 Å². The highest BCUT2D eigenvalue weighted by atomic mass is 19.3. The van der Waals surface area contributed by atoms with E-state index >= 15 is 0 Å². The van der Waals surface area contributed by atoms with Gasteiger partial charge in [0.05, 0.1) is 7.11 Å². The molecule has 0 aliphatic carbocycles. The summed E-state index contributed by atoms with van der Waals surface area (Å²) in [6, 6.07) is 6.56. The quantitative estimate of drug-likeness (QED) is 0.274. The van der Waals surface area contributed by atoms with Crippen LogP contribution in [0.1, 0.15) is 37.7 Å². The normalized spacial score (nSPS) is 11.4. The number of methoxy groups -OCH3 is 1. The lowest BCUT2D eigenvalue weighted by molar-refractivity contribution is -0.140. The average Bonchev–Trinajstić information content (AvgIpc) is 2.64. The maximum absolute atomic E-state index is 12.2. The second-order valence-corrected chi connectivity index (χ2v) is 6.09. The first kappa shape index (κ1) is 22.7. The van der Waals surface area contributed by atoms with E-state index < -0.39 is 6.61 Å². The third kappa shape index (κ3) is 9.77. The molecular formula is C19H29F2N3O3. The predicted molar refractivity (Wildman–Crippen MR) is 101 cm³/mol. The number of nitrogens with zero attached hydrogens (tertiary/aromatic N) is 2. The SMILES string of the molecule is CN=C(NCCCCCCC(=O)OC)N(C)Cc1ccc(OC(F)F)cc1. The molecule has 1 rings (SSSR count). The molecule has 0 aromatic heterocycles. The summed E-state index contributed by atoms with van der Waals surface area (Å²) in [5, 5.41) is 3.30. The van der Waals surface area contributed by atoms with Gasteiger partial charge >= 0.3 is 12.6 Å². The second kappa shape index (κ2) is 12.9. The van der Waals surface area contributed by atoms with Crippen molar-refractivity contribution >= 4 is 11.9 Å². The first-order valence-corrected chi connectivity index (χ1v) is 8.98. The van der Waals surface area contributed by atoms with Crippen molar-refractivity contribution in [2.24, 2.45) is 4.99 Å². The van der Waals surface area contributed by atoms with Gasteiger partial charge in [0.2, 0.25) is 0 Å². The Bertz CT molecular complexity index is 580. The lowest BCUT2D eigenvalue weighted by Crippen LogP contribution is -2.38. The number of carbonyl (C=O) groups excluding carboxylic acids is 1. The Kier molecular flexibility index (Phi) is 10.8. The molecule has 0 saturated carbocycles. The van der Waals surface area contributed by atoms with Gasteiger partial charge in [-0.05, 0) is 30.5 Å². The number of carbonyl (C=O) groups is 1. The van der Waals surface area contributed by atoms with Crippen LogP contribution in [0.2, 0.25) is 0 Å². The number of benzene rings is 1. The predicted octanol–water partition coefficient (Wildman–Crippen LogP) is 3.42. The monoisotopic (exact) mass is 385 g/mol. The van der Waals surface area contributed by atoms with Gasteiger partial charge in [-0.15, -0.1) is 0 Å². The summed E-state index contributed by atoms with van der Waals surface area (Å²) in [7, 11) is 5.03. The average molecular weight is 385 g/mol. The van der Waals surface area contributed by atoms with Crippen molar-refractivity contribution in [3.8, 4) is 5.75 Å². The molecule has 0 bridgehead atoms. The van der Waals surface area contributed by atoms with Crippen molar-refractivity contribution < 1.29 is 23.0 Å². The molecule has 0 aliphatic rings. The zero-order valence-electron chi connectivity index (χ0n) is 16.2. The molecule has 0 amide bonds. The highest BCUT2D eigenvalue weighted by Gasteiger charge is 2.08. The summed E-state index contributed by atoms with van der Waals surface area (Å²) in [4.78, 5) is 17.2. The molecule has 0 heterocycles. The molecule has 0 aliphatic heterocycles. The van der Waals surface area contributed by atoms with E-state index in [-0.39, 0.29) is 11.7 Å². The minimum atomic E-state index is -2.82. The van der Waals surface area contributed by atoms with Gasteiger partial charge in [0.15, 0.2) is 5.96 Å². The zero-order chi connectivity index (χ0) is 20.1. The molecule has 0 radical (unpaired) electrons. The number of alkyl halides is 2. The molecule has 0 atom stereocenters. The van der Waals surface area contributed by atoms with Crippen LogP contribution in [-0.2, 0) is 16.1 Å². The number of hydrogen-bond acceptors (Lipinski definition) is 4. The molecule has 1 N–H and O–H groups in total. The molecule has 27 heavy (non-hydrogen) atoms. The third-order valence-corrected chi connectivity index (χ3v) is 3.96. The van der Waals surface area contributed by atoms with Gasteiger partial charge < -0.3 is 19.7 Å². The Morgan fingerprint density at radius 2 is 1.85 bits per heavy atom. The van der Waals surface area contributed by atoms with E-state index in [0.29, 0.717) is 13.0 Å². The first-order valence-electron chi connectivity index (χ1n) is 8.98. The van der Waals surface area contributed by atoms with Crippen molar-refractivity contribution in [2.45, 2.75) is 45.3 Å². The molecule has 0 fully saturated rings. The zero-order valence-corrected chi connectivity index (χ0v) is 16.2. The molecule has 0 unspecified atom stereocenters. The molecule has 152 valence electrons. The molecule has 1 aromatic rings. The van der Waals surface area contributed by atoms with Gasteiger partial charge in [0, 0.05) is 33.6 Å². The fourth-order valence-corrected chi connectivity index (χ4v) is 2.56. The highest BCUT2D eigenvalue weighted by Crippen LogP contribution is 2.15. The van der Waals surface area contributed by atoms with Crippen LogP contribution in [0.25, 0.3) is 0 Å². The summed E-state index contributed by atoms with van der Waals surface area (Å²) < 4.78 is 33.3. The molecule has 1 aromatic carbocycles. The Morgan fingerprint density at radius 1 is 1.19 bits per heavy atom. The van der Waals surface area contributed by atoms with Crippen molar-refractivity contribution in [1.29, 1.82) is 0 Å². The number of ether oxygens (including phenoxy) is 2. The van der Waals surface area contributed by atoms with Crippen molar-refractivity contribution in [3.05, 3.63) is 29.8 Å². The fourth-order valence-electron chi connectivity index (χ4n) is 2.56. The van der Waals surface area contributed by atoms with E-state index in [2.05, 4.69) is 19.8 Å². The fraction of sp³-hybridized carbons (Fsp3) is 0.579. The highest BCUT2D eigenvalue weighted by molar-refractivity contribution is 5.79. The molecule has 0 spiro atoms. The van der Waals surface area contributed by atoms with E-state index in [9.17, 15) is 13.6 Å². The van der Waals surface area contributed by atoms with Crippen LogP contribution < -0.4 is 10.1 Å². The summed E-state index contributed by atoms with van der Waals surface area (Å²) in [6.45, 7) is -1.44. The number of guanidine groups is 1. The number of nitrogens with one attached hydrogen (secondary N) is 1. The van der Waals surface area contributed by atoms with Crippen LogP contribution in [0.3, 0.4) is 0 Å². The van der Waals surface area contributed by atoms with Gasteiger partial charge in [-0.3, -0.25) is 9.79 Å². The Balaban J connectivity index is 2.29. The molecular weight excluding hydrogens is 356 g/mol. The molecule has 6 nitrogen and oxygen atoms in total. The van der Waals surface area contributed by atoms with Crippen molar-refractivity contribution in [2.75, 3.05) is 27.7 Å². The minimum Gasteiger partial charge on any atom is -0.469 e. The molecule has 0 saturated heterocycles. The summed E-state index contributed by atoms with van der Waals surface area (Å²) >= 11 is 0. The summed E-state index contributed by atoms with van der Waals surface area (Å²) in [5.74, 6) is 0.743. The smallest absolute Gasteiger partial charge is 0.387 e. The van der Waals surface area contributed by atoms with Gasteiger partial charge in [0.1, 0.15) is 5.75 Å². The Morgan fingerprint density at radius 3 is 2.44 bits per heavy atom. The van der Waals surface area contributed by atoms with E-state index in [1.165, 1.54) is 19.2 Å². The van der Waals surface area contributed by atoms with Crippen LogP contribution in [-0.4, -0.2) is 51.2 Å². The number of hydrogen-bond donors (Lipinski definition) is 1. The largest absolute Gasteiger partial charge is 0.469 e. The number of aliphatic imine (C=N–C) groups is 1.